The van der Waals surface area contributed by atoms with E-state index in [1.807, 2.05) is 0 Å². The highest BCUT2D eigenvalue weighted by atomic mass is 35.5. The van der Waals surface area contributed by atoms with Crippen LogP contribution in [0.4, 0.5) is 5.69 Å². The summed E-state index contributed by atoms with van der Waals surface area (Å²) in [5, 5.41) is 3.17. The van der Waals surface area contributed by atoms with E-state index in [1.54, 1.807) is 43.3 Å². The molecule has 4 heteroatoms. The van der Waals surface area contributed by atoms with Gasteiger partial charge in [0.25, 0.3) is 5.91 Å². The summed E-state index contributed by atoms with van der Waals surface area (Å²) < 4.78 is 5.20. The Labute approximate surface area is 98.0 Å². The van der Waals surface area contributed by atoms with Gasteiger partial charge < -0.3 is 9.73 Å². The molecule has 0 saturated heterocycles. The summed E-state index contributed by atoms with van der Waals surface area (Å²) >= 11 is 5.92. The molecule has 2 rings (SSSR count). The van der Waals surface area contributed by atoms with Crippen LogP contribution in [0.3, 0.4) is 0 Å². The van der Waals surface area contributed by atoms with Gasteiger partial charge in [0.15, 0.2) is 5.76 Å². The molecule has 3 nitrogen and oxygen atoms in total. The quantitative estimate of drug-likeness (QED) is 0.866. The highest BCUT2D eigenvalue weighted by Gasteiger charge is 2.11. The lowest BCUT2D eigenvalue weighted by Gasteiger charge is -2.04. The summed E-state index contributed by atoms with van der Waals surface area (Å²) in [6.45, 7) is 1.78. The van der Waals surface area contributed by atoms with Crippen LogP contribution in [-0.4, -0.2) is 5.91 Å². The summed E-state index contributed by atoms with van der Waals surface area (Å²) in [6.07, 6.45) is 0. The Bertz CT molecular complexity index is 519. The average Bonchev–Trinajstić information content (AvgIpc) is 2.68. The summed E-state index contributed by atoms with van der Waals surface area (Å²) in [4.78, 5) is 11.7. The van der Waals surface area contributed by atoms with Crippen LogP contribution in [0, 0.1) is 6.92 Å². The monoisotopic (exact) mass is 235 g/mol. The minimum atomic E-state index is -0.304. The Morgan fingerprint density at radius 1 is 1.25 bits per heavy atom. The van der Waals surface area contributed by atoms with Gasteiger partial charge in [0, 0.05) is 0 Å². The molecule has 0 spiro atoms. The number of anilines is 1. The van der Waals surface area contributed by atoms with Gasteiger partial charge in [0.2, 0.25) is 0 Å². The van der Waals surface area contributed by atoms with E-state index in [0.717, 1.165) is 0 Å². The molecule has 0 aliphatic rings. The van der Waals surface area contributed by atoms with Crippen molar-refractivity contribution in [1.29, 1.82) is 0 Å². The Balaban J connectivity index is 2.17. The van der Waals surface area contributed by atoms with Crippen molar-refractivity contribution in [2.45, 2.75) is 6.92 Å². The summed E-state index contributed by atoms with van der Waals surface area (Å²) in [6, 6.07) is 10.4. The number of carbonyl (C=O) groups is 1. The maximum absolute atomic E-state index is 11.7. The van der Waals surface area contributed by atoms with E-state index in [-0.39, 0.29) is 11.7 Å². The molecule has 82 valence electrons. The second-order valence-corrected chi connectivity index (χ2v) is 3.75. The Morgan fingerprint density at radius 2 is 2.00 bits per heavy atom. The summed E-state index contributed by atoms with van der Waals surface area (Å²) in [7, 11) is 0. The number of halogens is 1. The van der Waals surface area contributed by atoms with Crippen LogP contribution in [0.25, 0.3) is 0 Å². The van der Waals surface area contributed by atoms with Gasteiger partial charge in [0.05, 0.1) is 10.7 Å². The molecule has 1 heterocycles. The molecule has 0 fully saturated rings. The molecule has 0 bridgehead atoms. The maximum Gasteiger partial charge on any atom is 0.291 e. The first-order chi connectivity index (χ1) is 7.66. The molecule has 1 aromatic heterocycles. The molecule has 0 radical (unpaired) electrons. The number of hydrogen-bond acceptors (Lipinski definition) is 2. The first-order valence-corrected chi connectivity index (χ1v) is 5.17. The third kappa shape index (κ3) is 2.25. The van der Waals surface area contributed by atoms with Crippen molar-refractivity contribution in [1.82, 2.24) is 0 Å². The third-order valence-electron chi connectivity index (χ3n) is 2.09. The number of hydrogen-bond donors (Lipinski definition) is 1. The number of nitrogens with one attached hydrogen (secondary N) is 1. The Morgan fingerprint density at radius 3 is 2.62 bits per heavy atom. The lowest BCUT2D eigenvalue weighted by Crippen LogP contribution is -2.11. The smallest absolute Gasteiger partial charge is 0.291 e. The van der Waals surface area contributed by atoms with Gasteiger partial charge in [-0.25, -0.2) is 0 Å². The minimum absolute atomic E-state index is 0.275. The molecule has 0 aliphatic heterocycles. The predicted octanol–water partition coefficient (Wildman–Crippen LogP) is 3.49. The van der Waals surface area contributed by atoms with E-state index in [0.29, 0.717) is 16.5 Å². The lowest BCUT2D eigenvalue weighted by atomic mass is 10.3. The second-order valence-electron chi connectivity index (χ2n) is 3.34. The van der Waals surface area contributed by atoms with Crippen LogP contribution < -0.4 is 5.32 Å². The molecule has 1 N–H and O–H groups in total. The van der Waals surface area contributed by atoms with Gasteiger partial charge in [-0.2, -0.15) is 0 Å². The Kier molecular flexibility index (Phi) is 2.97. The van der Waals surface area contributed by atoms with Crippen molar-refractivity contribution in [3.63, 3.8) is 0 Å². The summed E-state index contributed by atoms with van der Waals surface area (Å²) in [5.74, 6) is 0.669. The normalized spacial score (nSPS) is 10.1. The highest BCUT2D eigenvalue weighted by molar-refractivity contribution is 6.33. The van der Waals surface area contributed by atoms with Crippen LogP contribution >= 0.6 is 11.6 Å². The zero-order chi connectivity index (χ0) is 11.5. The van der Waals surface area contributed by atoms with Crippen molar-refractivity contribution in [2.75, 3.05) is 5.32 Å². The zero-order valence-electron chi connectivity index (χ0n) is 8.66. The van der Waals surface area contributed by atoms with Crippen LogP contribution in [-0.2, 0) is 0 Å². The van der Waals surface area contributed by atoms with Gasteiger partial charge >= 0.3 is 0 Å². The molecule has 0 saturated carbocycles. The van der Waals surface area contributed by atoms with Crippen LogP contribution in [0.5, 0.6) is 0 Å². The number of rotatable bonds is 2. The number of amides is 1. The fourth-order valence-corrected chi connectivity index (χ4v) is 1.49. The molecule has 2 aromatic rings. The second kappa shape index (κ2) is 4.41. The number of carbonyl (C=O) groups excluding carboxylic acids is 1. The molecule has 16 heavy (non-hydrogen) atoms. The standard InChI is InChI=1S/C12H10ClNO2/c1-8-6-7-11(16-8)12(15)14-10-5-3-2-4-9(10)13/h2-7H,1H3,(H,14,15). The molecular weight excluding hydrogens is 226 g/mol. The van der Waals surface area contributed by atoms with Gasteiger partial charge in [-0.05, 0) is 31.2 Å². The predicted molar refractivity (Wildman–Crippen MR) is 62.9 cm³/mol. The van der Waals surface area contributed by atoms with Gasteiger partial charge in [0.1, 0.15) is 5.76 Å². The topological polar surface area (TPSA) is 42.2 Å². The SMILES string of the molecule is Cc1ccc(C(=O)Nc2ccccc2Cl)o1. The van der Waals surface area contributed by atoms with E-state index in [4.69, 9.17) is 16.0 Å². The number of para-hydroxylation sites is 1. The van der Waals surface area contributed by atoms with Gasteiger partial charge in [-0.1, -0.05) is 23.7 Å². The Hall–Kier alpha value is -1.74. The van der Waals surface area contributed by atoms with Crippen molar-refractivity contribution >= 4 is 23.2 Å². The van der Waals surface area contributed by atoms with E-state index in [1.165, 1.54) is 0 Å². The van der Waals surface area contributed by atoms with Gasteiger partial charge in [-0.15, -0.1) is 0 Å². The van der Waals surface area contributed by atoms with E-state index in [9.17, 15) is 4.79 Å². The van der Waals surface area contributed by atoms with Crippen LogP contribution in [0.1, 0.15) is 16.3 Å². The number of furan rings is 1. The fourth-order valence-electron chi connectivity index (χ4n) is 1.30. The average molecular weight is 236 g/mol. The van der Waals surface area contributed by atoms with E-state index < -0.39 is 0 Å². The summed E-state index contributed by atoms with van der Waals surface area (Å²) in [5.41, 5.74) is 0.572. The molecule has 0 unspecified atom stereocenters. The van der Waals surface area contributed by atoms with Gasteiger partial charge in [-0.3, -0.25) is 4.79 Å². The van der Waals surface area contributed by atoms with E-state index in [2.05, 4.69) is 5.32 Å². The molecule has 0 aliphatic carbocycles. The maximum atomic E-state index is 11.7. The molecule has 1 aromatic carbocycles. The number of benzene rings is 1. The first-order valence-electron chi connectivity index (χ1n) is 4.79. The van der Waals surface area contributed by atoms with Crippen LogP contribution in [0.15, 0.2) is 40.8 Å². The first kappa shape index (κ1) is 10.8. The van der Waals surface area contributed by atoms with Crippen LogP contribution in [0.2, 0.25) is 5.02 Å². The van der Waals surface area contributed by atoms with Crippen molar-refractivity contribution in [3.05, 3.63) is 52.9 Å². The molecule has 1 amide bonds. The largest absolute Gasteiger partial charge is 0.456 e. The molecule has 0 atom stereocenters. The number of aryl methyl sites for hydroxylation is 1. The van der Waals surface area contributed by atoms with Crippen molar-refractivity contribution in [3.8, 4) is 0 Å². The highest BCUT2D eigenvalue weighted by Crippen LogP contribution is 2.21. The zero-order valence-corrected chi connectivity index (χ0v) is 9.41. The minimum Gasteiger partial charge on any atom is -0.456 e. The van der Waals surface area contributed by atoms with Crippen molar-refractivity contribution < 1.29 is 9.21 Å². The van der Waals surface area contributed by atoms with E-state index >= 15 is 0 Å². The fraction of sp³-hybridized carbons (Fsp3) is 0.0833. The lowest BCUT2D eigenvalue weighted by molar-refractivity contribution is 0.0995. The van der Waals surface area contributed by atoms with Crippen molar-refractivity contribution in [2.24, 2.45) is 0 Å². The molecular formula is C12H10ClNO2. The third-order valence-corrected chi connectivity index (χ3v) is 2.42.